The molecule has 3 heteroatoms. The number of ether oxygens (including phenoxy) is 1. The zero-order valence-electron chi connectivity index (χ0n) is 10.4. The molecule has 1 saturated heterocycles. The standard InChI is InChI=1S/C14H16O3/c1-11(2,3)14-6-4-12-8(14)13(12,5-7(6)14)10(16)17-9(12)15/h6-8H,4-5H2,1-3H3. The summed E-state index contributed by atoms with van der Waals surface area (Å²) in [6, 6.07) is 0. The van der Waals surface area contributed by atoms with Crippen molar-refractivity contribution in [3.8, 4) is 0 Å². The van der Waals surface area contributed by atoms with E-state index in [1.807, 2.05) is 0 Å². The summed E-state index contributed by atoms with van der Waals surface area (Å²) in [6.45, 7) is 6.84. The minimum atomic E-state index is -0.364. The molecule has 90 valence electrons. The Bertz CT molecular complexity index is 492. The third kappa shape index (κ3) is 0.489. The summed E-state index contributed by atoms with van der Waals surface area (Å²) in [6.07, 6.45) is 1.87. The molecule has 3 nitrogen and oxygen atoms in total. The van der Waals surface area contributed by atoms with Gasteiger partial charge in [0.1, 0.15) is 0 Å². The lowest BCUT2D eigenvalue weighted by Crippen LogP contribution is -2.29. The van der Waals surface area contributed by atoms with E-state index in [1.165, 1.54) is 0 Å². The summed E-state index contributed by atoms with van der Waals surface area (Å²) in [5, 5.41) is 0. The third-order valence-electron chi connectivity index (χ3n) is 7.08. The van der Waals surface area contributed by atoms with Gasteiger partial charge in [-0.05, 0) is 35.5 Å². The first-order valence-corrected chi connectivity index (χ1v) is 6.62. The molecule has 0 aromatic heterocycles. The fourth-order valence-electron chi connectivity index (χ4n) is 6.90. The van der Waals surface area contributed by atoms with Gasteiger partial charge in [-0.1, -0.05) is 20.8 Å². The average Bonchev–Trinajstić information content (AvgIpc) is 2.88. The predicted molar refractivity (Wildman–Crippen MR) is 57.6 cm³/mol. The van der Waals surface area contributed by atoms with Crippen molar-refractivity contribution in [2.24, 2.45) is 39.4 Å². The molecule has 0 radical (unpaired) electrons. The minimum Gasteiger partial charge on any atom is -0.392 e. The quantitative estimate of drug-likeness (QED) is 0.472. The maximum Gasteiger partial charge on any atom is 0.321 e. The molecule has 4 aliphatic carbocycles. The maximum atomic E-state index is 12.1. The number of carbonyl (C=O) groups excluding carboxylic acids is 2. The molecule has 0 aromatic carbocycles. The minimum absolute atomic E-state index is 0.193. The van der Waals surface area contributed by atoms with E-state index in [9.17, 15) is 9.59 Å². The van der Waals surface area contributed by atoms with Crippen molar-refractivity contribution < 1.29 is 14.3 Å². The fraction of sp³-hybridized carbons (Fsp3) is 0.857. The average molecular weight is 232 g/mol. The molecule has 5 aliphatic rings. The molecule has 4 saturated carbocycles. The number of carbonyl (C=O) groups is 2. The normalized spacial score (nSPS) is 64.5. The van der Waals surface area contributed by atoms with E-state index < -0.39 is 0 Å². The second kappa shape index (κ2) is 1.79. The first-order valence-electron chi connectivity index (χ1n) is 6.62. The van der Waals surface area contributed by atoms with Gasteiger partial charge in [0.25, 0.3) is 0 Å². The molecule has 4 unspecified atom stereocenters. The molecule has 0 bridgehead atoms. The molecule has 5 rings (SSSR count). The molecule has 1 heterocycles. The lowest BCUT2D eigenvalue weighted by Gasteiger charge is -2.31. The Labute approximate surface area is 99.9 Å². The van der Waals surface area contributed by atoms with E-state index in [0.717, 1.165) is 12.8 Å². The summed E-state index contributed by atoms with van der Waals surface area (Å²) in [5.41, 5.74) is -0.236. The van der Waals surface area contributed by atoms with E-state index in [0.29, 0.717) is 17.8 Å². The first-order chi connectivity index (χ1) is 7.85. The van der Waals surface area contributed by atoms with E-state index >= 15 is 0 Å². The van der Waals surface area contributed by atoms with Crippen molar-refractivity contribution in [2.75, 3.05) is 0 Å². The van der Waals surface area contributed by atoms with Gasteiger partial charge < -0.3 is 4.74 Å². The van der Waals surface area contributed by atoms with Crippen LogP contribution in [0.4, 0.5) is 0 Å². The van der Waals surface area contributed by atoms with Crippen molar-refractivity contribution in [1.29, 1.82) is 0 Å². The summed E-state index contributed by atoms with van der Waals surface area (Å²) < 4.78 is 4.94. The van der Waals surface area contributed by atoms with Gasteiger partial charge in [-0.25, -0.2) is 0 Å². The second-order valence-electron chi connectivity index (χ2n) is 7.86. The maximum absolute atomic E-state index is 12.1. The van der Waals surface area contributed by atoms with Crippen molar-refractivity contribution in [3.05, 3.63) is 0 Å². The molecule has 0 N–H and O–H groups in total. The molecule has 2 spiro atoms. The Morgan fingerprint density at radius 1 is 1.06 bits per heavy atom. The summed E-state index contributed by atoms with van der Waals surface area (Å²) in [4.78, 5) is 24.1. The van der Waals surface area contributed by atoms with Gasteiger partial charge in [-0.2, -0.15) is 0 Å². The Kier molecular flexibility index (Phi) is 0.960. The van der Waals surface area contributed by atoms with E-state index in [2.05, 4.69) is 20.8 Å². The predicted octanol–water partition coefficient (Wildman–Crippen LogP) is 1.76. The van der Waals surface area contributed by atoms with Gasteiger partial charge >= 0.3 is 11.9 Å². The van der Waals surface area contributed by atoms with Gasteiger partial charge in [0.15, 0.2) is 0 Å². The summed E-state index contributed by atoms with van der Waals surface area (Å²) in [5.74, 6) is 1.32. The molecule has 0 amide bonds. The molecular formula is C14H16O3. The molecule has 5 fully saturated rings. The van der Waals surface area contributed by atoms with Gasteiger partial charge in [-0.3, -0.25) is 9.59 Å². The monoisotopic (exact) mass is 232 g/mol. The summed E-state index contributed by atoms with van der Waals surface area (Å²) in [7, 11) is 0. The third-order valence-corrected chi connectivity index (χ3v) is 7.08. The van der Waals surface area contributed by atoms with E-state index in [1.54, 1.807) is 0 Å². The largest absolute Gasteiger partial charge is 0.392 e. The van der Waals surface area contributed by atoms with Crippen LogP contribution in [0.5, 0.6) is 0 Å². The molecule has 0 aromatic rings. The van der Waals surface area contributed by atoms with E-state index in [-0.39, 0.29) is 33.6 Å². The highest BCUT2D eigenvalue weighted by Gasteiger charge is 3.07. The van der Waals surface area contributed by atoms with Crippen LogP contribution in [0.2, 0.25) is 0 Å². The topological polar surface area (TPSA) is 43.4 Å². The number of fused-ring (bicyclic) bond motifs is 1. The Hall–Kier alpha value is -0.860. The SMILES string of the molecule is CC(C)(C)C12C3CC45C(=O)OC(=O)C4(CC31)C52. The highest BCUT2D eigenvalue weighted by Crippen LogP contribution is 3.04. The fourth-order valence-corrected chi connectivity index (χ4v) is 6.90. The number of cyclic esters (lactones) is 2. The number of hydrogen-bond donors (Lipinski definition) is 0. The van der Waals surface area contributed by atoms with Crippen LogP contribution in [-0.2, 0) is 14.3 Å². The highest BCUT2D eigenvalue weighted by atomic mass is 16.6. The van der Waals surface area contributed by atoms with Crippen LogP contribution in [0.15, 0.2) is 0 Å². The molecular weight excluding hydrogens is 216 g/mol. The molecule has 17 heavy (non-hydrogen) atoms. The number of hydrogen-bond acceptors (Lipinski definition) is 3. The molecule has 1 aliphatic heterocycles. The number of esters is 2. The summed E-state index contributed by atoms with van der Waals surface area (Å²) >= 11 is 0. The Morgan fingerprint density at radius 2 is 1.53 bits per heavy atom. The van der Waals surface area contributed by atoms with Crippen molar-refractivity contribution in [3.63, 3.8) is 0 Å². The second-order valence-corrected chi connectivity index (χ2v) is 7.86. The van der Waals surface area contributed by atoms with Gasteiger partial charge in [0.2, 0.25) is 0 Å². The van der Waals surface area contributed by atoms with Crippen LogP contribution in [0.3, 0.4) is 0 Å². The van der Waals surface area contributed by atoms with Crippen LogP contribution >= 0.6 is 0 Å². The smallest absolute Gasteiger partial charge is 0.321 e. The van der Waals surface area contributed by atoms with Crippen molar-refractivity contribution in [1.82, 2.24) is 0 Å². The van der Waals surface area contributed by atoms with Crippen LogP contribution in [0.25, 0.3) is 0 Å². The lowest BCUT2D eigenvalue weighted by atomic mass is 9.73. The van der Waals surface area contributed by atoms with Crippen LogP contribution in [-0.4, -0.2) is 11.9 Å². The highest BCUT2D eigenvalue weighted by molar-refractivity contribution is 6.10. The van der Waals surface area contributed by atoms with Crippen molar-refractivity contribution >= 4 is 11.9 Å². The first kappa shape index (κ1) is 9.12. The Morgan fingerprint density at radius 3 is 1.94 bits per heavy atom. The zero-order valence-corrected chi connectivity index (χ0v) is 10.4. The molecule has 4 atom stereocenters. The number of rotatable bonds is 0. The van der Waals surface area contributed by atoms with E-state index in [4.69, 9.17) is 4.74 Å². The van der Waals surface area contributed by atoms with Crippen LogP contribution < -0.4 is 0 Å². The van der Waals surface area contributed by atoms with Gasteiger partial charge in [-0.15, -0.1) is 0 Å². The van der Waals surface area contributed by atoms with Crippen LogP contribution in [0.1, 0.15) is 33.6 Å². The lowest BCUT2D eigenvalue weighted by molar-refractivity contribution is -0.159. The van der Waals surface area contributed by atoms with Crippen molar-refractivity contribution in [2.45, 2.75) is 33.6 Å². The zero-order chi connectivity index (χ0) is 12.0. The van der Waals surface area contributed by atoms with Gasteiger partial charge in [0.05, 0.1) is 10.8 Å². The van der Waals surface area contributed by atoms with Gasteiger partial charge in [0, 0.05) is 5.92 Å². The van der Waals surface area contributed by atoms with Crippen LogP contribution in [0, 0.1) is 39.4 Å². The Balaban J connectivity index is 1.77.